The van der Waals surface area contributed by atoms with Crippen LogP contribution in [0.1, 0.15) is 12.5 Å². The maximum Gasteiger partial charge on any atom is 0.137 e. The van der Waals surface area contributed by atoms with Gasteiger partial charge in [0.05, 0.1) is 11.4 Å². The molecule has 3 nitrogen and oxygen atoms in total. The Morgan fingerprint density at radius 1 is 1.20 bits per heavy atom. The highest BCUT2D eigenvalue weighted by Gasteiger charge is 2.06. The van der Waals surface area contributed by atoms with Gasteiger partial charge >= 0.3 is 0 Å². The number of halogens is 1. The molecule has 20 heavy (non-hydrogen) atoms. The van der Waals surface area contributed by atoms with Crippen LogP contribution >= 0.6 is 11.6 Å². The molecular formula is C16H16ClN3. The van der Waals surface area contributed by atoms with Crippen LogP contribution in [-0.2, 0) is 0 Å². The van der Waals surface area contributed by atoms with Crippen molar-refractivity contribution in [3.63, 3.8) is 0 Å². The lowest BCUT2D eigenvalue weighted by Crippen LogP contribution is -1.97. The smallest absolute Gasteiger partial charge is 0.137 e. The molecule has 0 unspecified atom stereocenters. The van der Waals surface area contributed by atoms with E-state index in [9.17, 15) is 0 Å². The fraction of sp³-hybridized carbons (Fsp3) is 0.188. The van der Waals surface area contributed by atoms with Crippen molar-refractivity contribution in [1.29, 1.82) is 0 Å². The molecule has 3 rings (SSSR count). The Kier molecular flexibility index (Phi) is 3.36. The number of aromatic nitrogens is 2. The number of rotatable bonds is 3. The van der Waals surface area contributed by atoms with Crippen LogP contribution in [0.5, 0.6) is 0 Å². The molecule has 0 spiro atoms. The summed E-state index contributed by atoms with van der Waals surface area (Å²) in [4.78, 5) is 4.65. The summed E-state index contributed by atoms with van der Waals surface area (Å²) >= 11 is 6.07. The predicted octanol–water partition coefficient (Wildman–Crippen LogP) is 4.39. The first-order valence-electron chi connectivity index (χ1n) is 6.66. The summed E-state index contributed by atoms with van der Waals surface area (Å²) < 4.78 is 2.04. The number of pyridine rings is 1. The Morgan fingerprint density at radius 2 is 2.05 bits per heavy atom. The van der Waals surface area contributed by atoms with Crippen LogP contribution in [-0.4, -0.2) is 15.9 Å². The average Bonchev–Trinajstić information content (AvgIpc) is 2.85. The second kappa shape index (κ2) is 5.17. The van der Waals surface area contributed by atoms with Gasteiger partial charge < -0.3 is 9.72 Å². The third-order valence-corrected chi connectivity index (χ3v) is 3.71. The molecule has 0 saturated carbocycles. The summed E-state index contributed by atoms with van der Waals surface area (Å²) in [5.74, 6) is 0. The summed E-state index contributed by atoms with van der Waals surface area (Å²) in [5, 5.41) is 4.08. The topological polar surface area (TPSA) is 29.3 Å². The van der Waals surface area contributed by atoms with Crippen LogP contribution in [0.15, 0.2) is 42.7 Å². The molecule has 102 valence electrons. The van der Waals surface area contributed by atoms with Crippen LogP contribution in [0, 0.1) is 6.92 Å². The highest BCUT2D eigenvalue weighted by molar-refractivity contribution is 6.31. The van der Waals surface area contributed by atoms with Gasteiger partial charge in [0.2, 0.25) is 0 Å². The second-order valence-electron chi connectivity index (χ2n) is 4.80. The molecule has 0 saturated heterocycles. The van der Waals surface area contributed by atoms with E-state index in [0.717, 1.165) is 39.7 Å². The van der Waals surface area contributed by atoms with E-state index >= 15 is 0 Å². The monoisotopic (exact) mass is 285 g/mol. The van der Waals surface area contributed by atoms with Crippen molar-refractivity contribution in [2.75, 3.05) is 11.9 Å². The zero-order valence-electron chi connectivity index (χ0n) is 11.5. The molecule has 0 atom stereocenters. The third-order valence-electron chi connectivity index (χ3n) is 3.29. The minimum Gasteiger partial charge on any atom is -0.384 e. The predicted molar refractivity (Wildman–Crippen MR) is 84.5 cm³/mol. The van der Waals surface area contributed by atoms with E-state index in [1.165, 1.54) is 0 Å². The number of fused-ring (bicyclic) bond motifs is 1. The molecule has 2 aromatic heterocycles. The summed E-state index contributed by atoms with van der Waals surface area (Å²) in [5.41, 5.74) is 5.14. The Morgan fingerprint density at radius 3 is 2.80 bits per heavy atom. The van der Waals surface area contributed by atoms with Gasteiger partial charge in [-0.15, -0.1) is 0 Å². The van der Waals surface area contributed by atoms with E-state index in [-0.39, 0.29) is 0 Å². The molecule has 1 aromatic carbocycles. The number of nitrogens with zero attached hydrogens (tertiary/aromatic N) is 2. The van der Waals surface area contributed by atoms with Crippen LogP contribution < -0.4 is 5.32 Å². The molecule has 0 fully saturated rings. The molecule has 3 aromatic rings. The quantitative estimate of drug-likeness (QED) is 0.773. The molecule has 0 aliphatic carbocycles. The van der Waals surface area contributed by atoms with Gasteiger partial charge in [0.25, 0.3) is 0 Å². The van der Waals surface area contributed by atoms with E-state index in [4.69, 9.17) is 11.6 Å². The lowest BCUT2D eigenvalue weighted by Gasteiger charge is -2.02. The van der Waals surface area contributed by atoms with Crippen LogP contribution in [0.25, 0.3) is 16.9 Å². The van der Waals surface area contributed by atoms with Gasteiger partial charge in [-0.05, 0) is 43.7 Å². The minimum atomic E-state index is 0.784. The zero-order valence-corrected chi connectivity index (χ0v) is 12.3. The second-order valence-corrected chi connectivity index (χ2v) is 5.21. The fourth-order valence-electron chi connectivity index (χ4n) is 2.24. The van der Waals surface area contributed by atoms with Crippen molar-refractivity contribution < 1.29 is 0 Å². The molecule has 4 heteroatoms. The average molecular weight is 286 g/mol. The summed E-state index contributed by atoms with van der Waals surface area (Å²) in [7, 11) is 0. The molecule has 0 amide bonds. The highest BCUT2D eigenvalue weighted by atomic mass is 35.5. The molecule has 2 heterocycles. The van der Waals surface area contributed by atoms with Crippen molar-refractivity contribution in [2.45, 2.75) is 13.8 Å². The maximum atomic E-state index is 6.07. The summed E-state index contributed by atoms with van der Waals surface area (Å²) in [6, 6.07) is 10.0. The van der Waals surface area contributed by atoms with E-state index < -0.39 is 0 Å². The first kappa shape index (κ1) is 13.0. The Balaban J connectivity index is 2.05. The number of nitrogens with one attached hydrogen (secondary N) is 1. The highest BCUT2D eigenvalue weighted by Crippen LogP contribution is 2.25. The number of aryl methyl sites for hydroxylation is 1. The van der Waals surface area contributed by atoms with Gasteiger partial charge in [0.1, 0.15) is 5.65 Å². The third kappa shape index (κ3) is 2.37. The molecular weight excluding hydrogens is 270 g/mol. The molecule has 0 aliphatic rings. The van der Waals surface area contributed by atoms with E-state index in [1.807, 2.05) is 41.8 Å². The van der Waals surface area contributed by atoms with E-state index in [1.54, 1.807) is 0 Å². The first-order chi connectivity index (χ1) is 9.67. The summed E-state index contributed by atoms with van der Waals surface area (Å²) in [6.07, 6.45) is 4.09. The number of anilines is 1. The lowest BCUT2D eigenvalue weighted by atomic mass is 10.1. The van der Waals surface area contributed by atoms with Crippen molar-refractivity contribution in [3.8, 4) is 11.3 Å². The first-order valence-corrected chi connectivity index (χ1v) is 7.04. The van der Waals surface area contributed by atoms with Crippen molar-refractivity contribution >= 4 is 22.9 Å². The SMILES string of the molecule is CCNc1ccc2nc(-c3ccc(Cl)c(C)c3)cn2c1. The lowest BCUT2D eigenvalue weighted by molar-refractivity contribution is 1.15. The number of hydrogen-bond acceptors (Lipinski definition) is 2. The van der Waals surface area contributed by atoms with Crippen molar-refractivity contribution in [3.05, 3.63) is 53.3 Å². The Bertz CT molecular complexity index is 762. The van der Waals surface area contributed by atoms with Gasteiger partial charge in [-0.25, -0.2) is 4.98 Å². The molecule has 1 N–H and O–H groups in total. The van der Waals surface area contributed by atoms with Crippen LogP contribution in [0.4, 0.5) is 5.69 Å². The zero-order chi connectivity index (χ0) is 14.1. The summed E-state index contributed by atoms with van der Waals surface area (Å²) in [6.45, 7) is 4.99. The number of hydrogen-bond donors (Lipinski definition) is 1. The molecule has 0 radical (unpaired) electrons. The number of imidazole rings is 1. The molecule has 0 aliphatic heterocycles. The van der Waals surface area contributed by atoms with Crippen LogP contribution in [0.3, 0.4) is 0 Å². The van der Waals surface area contributed by atoms with Gasteiger partial charge in [0, 0.05) is 29.5 Å². The number of benzene rings is 1. The molecule has 0 bridgehead atoms. The van der Waals surface area contributed by atoms with Gasteiger partial charge in [-0.3, -0.25) is 0 Å². The van der Waals surface area contributed by atoms with Crippen LogP contribution in [0.2, 0.25) is 5.02 Å². The van der Waals surface area contributed by atoms with Crippen molar-refractivity contribution in [1.82, 2.24) is 9.38 Å². The van der Waals surface area contributed by atoms with Gasteiger partial charge in [-0.1, -0.05) is 17.7 Å². The standard InChI is InChI=1S/C16H16ClN3/c1-3-18-13-5-7-16-19-15(10-20(16)9-13)12-4-6-14(17)11(2)8-12/h4-10,18H,3H2,1-2H3. The Labute approximate surface area is 123 Å². The fourth-order valence-corrected chi connectivity index (χ4v) is 2.36. The largest absolute Gasteiger partial charge is 0.384 e. The minimum absolute atomic E-state index is 0.784. The van der Waals surface area contributed by atoms with Gasteiger partial charge in [0.15, 0.2) is 0 Å². The van der Waals surface area contributed by atoms with E-state index in [0.29, 0.717) is 0 Å². The van der Waals surface area contributed by atoms with Gasteiger partial charge in [-0.2, -0.15) is 0 Å². The maximum absolute atomic E-state index is 6.07. The Hall–Kier alpha value is -2.00. The van der Waals surface area contributed by atoms with Crippen molar-refractivity contribution in [2.24, 2.45) is 0 Å². The normalized spacial score (nSPS) is 10.9. The van der Waals surface area contributed by atoms with E-state index in [2.05, 4.69) is 29.5 Å².